The molecule has 2 heterocycles. The third-order valence-electron chi connectivity index (χ3n) is 5.28. The Balaban J connectivity index is 1.66. The van der Waals surface area contributed by atoms with Gasteiger partial charge in [-0.3, -0.25) is 0 Å². The summed E-state index contributed by atoms with van der Waals surface area (Å²) in [5.74, 6) is -0.519. The summed E-state index contributed by atoms with van der Waals surface area (Å²) in [6, 6.07) is 24.5. The van der Waals surface area contributed by atoms with Crippen LogP contribution < -0.4 is 10.0 Å². The summed E-state index contributed by atoms with van der Waals surface area (Å²) in [5, 5.41) is 14.7. The van der Waals surface area contributed by atoms with Crippen molar-refractivity contribution >= 4 is 63.1 Å². The van der Waals surface area contributed by atoms with Crippen LogP contribution in [-0.2, 0) is 9.53 Å². The molecule has 0 saturated heterocycles. The molecule has 0 saturated carbocycles. The van der Waals surface area contributed by atoms with E-state index in [4.69, 9.17) is 33.0 Å². The van der Waals surface area contributed by atoms with Gasteiger partial charge in [0.1, 0.15) is 0 Å². The maximum absolute atomic E-state index is 12.5. The average Bonchev–Trinajstić information content (AvgIpc) is 3.25. The van der Waals surface area contributed by atoms with Crippen LogP contribution in [0, 0.1) is 0 Å². The lowest BCUT2D eigenvalue weighted by Gasteiger charge is -2.43. The first-order chi connectivity index (χ1) is 16.5. The molecule has 1 unspecified atom stereocenters. The molecule has 1 spiro atoms. The Bertz CT molecular complexity index is 1310. The van der Waals surface area contributed by atoms with Crippen LogP contribution in [0.2, 0.25) is 10.0 Å². The van der Waals surface area contributed by atoms with Gasteiger partial charge in [-0.25, -0.2) is 14.8 Å². The van der Waals surface area contributed by atoms with Crippen molar-refractivity contribution in [1.29, 1.82) is 0 Å². The molecule has 0 fully saturated rings. The number of halogens is 2. The molecule has 1 atom stereocenters. The SMILES string of the molecule is COC(=O)C1=NN(c2ccc(Cl)cc2)C2(C=CC(c3ccc(Cl)cc3)=NN2c2ccccc2)S1. The highest BCUT2D eigenvalue weighted by Gasteiger charge is 2.51. The van der Waals surface area contributed by atoms with Gasteiger partial charge in [-0.1, -0.05) is 53.5 Å². The Morgan fingerprint density at radius 2 is 1.44 bits per heavy atom. The molecule has 5 rings (SSSR count). The second-order valence-electron chi connectivity index (χ2n) is 7.42. The lowest BCUT2D eigenvalue weighted by Crippen LogP contribution is -2.53. The minimum atomic E-state index is -0.991. The van der Waals surface area contributed by atoms with Gasteiger partial charge >= 0.3 is 5.97 Å². The molecule has 3 aromatic carbocycles. The fourth-order valence-electron chi connectivity index (χ4n) is 3.66. The van der Waals surface area contributed by atoms with Crippen LogP contribution in [0.15, 0.2) is 101 Å². The number of carbonyl (C=O) groups is 1. The van der Waals surface area contributed by atoms with Crippen molar-refractivity contribution in [1.82, 2.24) is 0 Å². The first-order valence-electron chi connectivity index (χ1n) is 10.3. The second-order valence-corrected chi connectivity index (χ2v) is 9.48. The molecule has 3 aromatic rings. The summed E-state index contributed by atoms with van der Waals surface area (Å²) in [4.78, 5) is 11.5. The van der Waals surface area contributed by atoms with E-state index in [1.54, 1.807) is 17.1 Å². The number of thioether (sulfide) groups is 1. The van der Waals surface area contributed by atoms with Crippen LogP contribution in [-0.4, -0.2) is 28.8 Å². The van der Waals surface area contributed by atoms with Crippen LogP contribution in [0.1, 0.15) is 5.56 Å². The molecule has 2 aliphatic heterocycles. The van der Waals surface area contributed by atoms with Gasteiger partial charge in [0, 0.05) is 15.6 Å². The minimum absolute atomic E-state index is 0.216. The summed E-state index contributed by atoms with van der Waals surface area (Å²) in [6.07, 6.45) is 3.91. The maximum Gasteiger partial charge on any atom is 0.365 e. The van der Waals surface area contributed by atoms with E-state index in [-0.39, 0.29) is 5.04 Å². The van der Waals surface area contributed by atoms with E-state index < -0.39 is 11.0 Å². The zero-order valence-corrected chi connectivity index (χ0v) is 20.3. The topological polar surface area (TPSA) is 57.5 Å². The fourth-order valence-corrected chi connectivity index (χ4v) is 5.09. The molecule has 170 valence electrons. The first-order valence-corrected chi connectivity index (χ1v) is 11.9. The third kappa shape index (κ3) is 4.07. The molecule has 0 radical (unpaired) electrons. The molecule has 2 aliphatic rings. The number of benzene rings is 3. The molecule has 0 bridgehead atoms. The fraction of sp³-hybridized carbons (Fsp3) is 0.0800. The zero-order valence-electron chi connectivity index (χ0n) is 17.9. The number of carbonyl (C=O) groups excluding carboxylic acids is 1. The Labute approximate surface area is 211 Å². The quantitative estimate of drug-likeness (QED) is 0.394. The van der Waals surface area contributed by atoms with Gasteiger partial charge in [-0.05, 0) is 72.4 Å². The zero-order chi connectivity index (χ0) is 23.7. The highest BCUT2D eigenvalue weighted by Crippen LogP contribution is 2.48. The molecular weight excluding hydrogens is 491 g/mol. The normalized spacial score (nSPS) is 19.3. The third-order valence-corrected chi connectivity index (χ3v) is 7.01. The lowest BCUT2D eigenvalue weighted by molar-refractivity contribution is -0.132. The van der Waals surface area contributed by atoms with E-state index in [9.17, 15) is 4.79 Å². The molecule has 0 aliphatic carbocycles. The van der Waals surface area contributed by atoms with Crippen LogP contribution in [0.25, 0.3) is 0 Å². The number of esters is 1. The van der Waals surface area contributed by atoms with Crippen molar-refractivity contribution in [3.63, 3.8) is 0 Å². The number of hydrogen-bond donors (Lipinski definition) is 0. The highest BCUT2D eigenvalue weighted by atomic mass is 35.5. The van der Waals surface area contributed by atoms with Crippen LogP contribution >= 0.6 is 35.0 Å². The first kappa shape index (κ1) is 22.5. The Hall–Kier alpha value is -3.26. The van der Waals surface area contributed by atoms with E-state index in [0.29, 0.717) is 10.0 Å². The number of nitrogens with zero attached hydrogens (tertiary/aromatic N) is 4. The Morgan fingerprint density at radius 1 is 0.853 bits per heavy atom. The smallest absolute Gasteiger partial charge is 0.365 e. The van der Waals surface area contributed by atoms with Crippen molar-refractivity contribution < 1.29 is 9.53 Å². The number of allylic oxidation sites excluding steroid dienone is 1. The van der Waals surface area contributed by atoms with Crippen molar-refractivity contribution in [2.75, 3.05) is 17.1 Å². The number of anilines is 2. The number of hydrazone groups is 2. The Kier molecular flexibility index (Phi) is 6.08. The number of hydrogen-bond acceptors (Lipinski definition) is 7. The largest absolute Gasteiger partial charge is 0.464 e. The van der Waals surface area contributed by atoms with Crippen LogP contribution in [0.5, 0.6) is 0 Å². The van der Waals surface area contributed by atoms with Gasteiger partial charge in [-0.2, -0.15) is 10.2 Å². The van der Waals surface area contributed by atoms with Gasteiger partial charge in [-0.15, -0.1) is 0 Å². The van der Waals surface area contributed by atoms with Crippen molar-refractivity contribution in [2.24, 2.45) is 10.2 Å². The highest BCUT2D eigenvalue weighted by molar-refractivity contribution is 8.17. The van der Waals surface area contributed by atoms with Crippen molar-refractivity contribution in [3.8, 4) is 0 Å². The number of methoxy groups -OCH3 is 1. The predicted octanol–water partition coefficient (Wildman–Crippen LogP) is 6.17. The number of rotatable bonds is 4. The summed E-state index contributed by atoms with van der Waals surface area (Å²) < 4.78 is 4.98. The monoisotopic (exact) mass is 508 g/mol. The minimum Gasteiger partial charge on any atom is -0.464 e. The van der Waals surface area contributed by atoms with Gasteiger partial charge in [0.25, 0.3) is 0 Å². The molecule has 0 N–H and O–H groups in total. The van der Waals surface area contributed by atoms with Gasteiger partial charge in [0.05, 0.1) is 24.2 Å². The lowest BCUT2D eigenvalue weighted by atomic mass is 10.1. The van der Waals surface area contributed by atoms with E-state index in [0.717, 1.165) is 22.6 Å². The summed E-state index contributed by atoms with van der Waals surface area (Å²) in [7, 11) is 1.34. The molecule has 9 heteroatoms. The molecule has 0 aromatic heterocycles. The van der Waals surface area contributed by atoms with E-state index >= 15 is 0 Å². The number of para-hydroxylation sites is 1. The van der Waals surface area contributed by atoms with E-state index in [1.807, 2.05) is 83.9 Å². The van der Waals surface area contributed by atoms with Gasteiger partial charge in [0.2, 0.25) is 10.0 Å². The summed E-state index contributed by atoms with van der Waals surface area (Å²) in [5.41, 5.74) is 3.22. The van der Waals surface area contributed by atoms with Crippen LogP contribution in [0.3, 0.4) is 0 Å². The van der Waals surface area contributed by atoms with Crippen molar-refractivity contribution in [3.05, 3.63) is 107 Å². The average molecular weight is 509 g/mol. The molecular formula is C25H18Cl2N4O2S. The summed E-state index contributed by atoms with van der Waals surface area (Å²) >= 11 is 13.5. The predicted molar refractivity (Wildman–Crippen MR) is 140 cm³/mol. The van der Waals surface area contributed by atoms with Gasteiger partial charge < -0.3 is 4.74 Å². The number of ether oxygens (including phenoxy) is 1. The molecule has 6 nitrogen and oxygen atoms in total. The maximum atomic E-state index is 12.5. The Morgan fingerprint density at radius 3 is 2.09 bits per heavy atom. The van der Waals surface area contributed by atoms with E-state index in [2.05, 4.69) is 5.10 Å². The summed E-state index contributed by atoms with van der Waals surface area (Å²) in [6.45, 7) is 0. The van der Waals surface area contributed by atoms with Gasteiger partial charge in [0.15, 0.2) is 0 Å². The van der Waals surface area contributed by atoms with Crippen LogP contribution in [0.4, 0.5) is 11.4 Å². The standard InChI is InChI=1S/C25H18Cl2N4O2S/c1-33-24(32)23-29-31(21-13-11-19(27)12-14-21)25(34-23)16-15-22(17-7-9-18(26)10-8-17)28-30(25)20-5-3-2-4-6-20/h2-16H,1H3. The van der Waals surface area contributed by atoms with E-state index in [1.165, 1.54) is 18.9 Å². The van der Waals surface area contributed by atoms with Crippen molar-refractivity contribution in [2.45, 2.75) is 4.99 Å². The molecule has 34 heavy (non-hydrogen) atoms. The second kappa shape index (κ2) is 9.18. The molecule has 0 amide bonds.